The second kappa shape index (κ2) is 11.6. The number of amides is 1. The molecule has 1 aromatic carbocycles. The number of ether oxygens (including phenoxy) is 3. The lowest BCUT2D eigenvalue weighted by Gasteiger charge is -2.22. The van der Waals surface area contributed by atoms with Crippen LogP contribution in [0.2, 0.25) is 0 Å². The lowest BCUT2D eigenvalue weighted by atomic mass is 10.1. The van der Waals surface area contributed by atoms with Gasteiger partial charge < -0.3 is 28.6 Å². The fourth-order valence-corrected chi connectivity index (χ4v) is 4.60. The first-order chi connectivity index (χ1) is 19.3. The third kappa shape index (κ3) is 5.65. The van der Waals surface area contributed by atoms with E-state index in [0.717, 1.165) is 17.5 Å². The van der Waals surface area contributed by atoms with Crippen LogP contribution in [0, 0.1) is 13.8 Å². The predicted molar refractivity (Wildman–Crippen MR) is 142 cm³/mol. The van der Waals surface area contributed by atoms with E-state index in [1.54, 1.807) is 24.5 Å². The Morgan fingerprint density at radius 2 is 1.95 bits per heavy atom. The van der Waals surface area contributed by atoms with Crippen molar-refractivity contribution in [3.8, 4) is 34.8 Å². The highest BCUT2D eigenvalue weighted by molar-refractivity contribution is 5.85. The van der Waals surface area contributed by atoms with Crippen molar-refractivity contribution >= 4 is 23.1 Å². The zero-order chi connectivity index (χ0) is 28.2. The highest BCUT2D eigenvalue weighted by Crippen LogP contribution is 2.34. The van der Waals surface area contributed by atoms with E-state index in [4.69, 9.17) is 18.6 Å². The highest BCUT2D eigenvalue weighted by Gasteiger charge is 2.34. The lowest BCUT2D eigenvalue weighted by Crippen LogP contribution is -2.42. The Morgan fingerprint density at radius 1 is 1.15 bits per heavy atom. The van der Waals surface area contributed by atoms with Crippen LogP contribution in [0.25, 0.3) is 22.7 Å². The number of fused-ring (bicyclic) bond motifs is 1. The molecule has 3 aromatic heterocycles. The summed E-state index contributed by atoms with van der Waals surface area (Å²) in [7, 11) is 0. The monoisotopic (exact) mass is 547 g/mol. The number of carboxylic acids is 1. The van der Waals surface area contributed by atoms with Gasteiger partial charge in [0.05, 0.1) is 12.8 Å². The molecule has 0 bridgehead atoms. The van der Waals surface area contributed by atoms with Gasteiger partial charge in [-0.3, -0.25) is 9.78 Å². The Morgan fingerprint density at radius 3 is 2.65 bits per heavy atom. The number of carboxylic acid groups (broad SMARTS) is 1. The van der Waals surface area contributed by atoms with Crippen LogP contribution in [-0.4, -0.2) is 67.6 Å². The van der Waals surface area contributed by atoms with Crippen LogP contribution in [0.5, 0.6) is 23.4 Å². The van der Waals surface area contributed by atoms with Crippen molar-refractivity contribution in [2.24, 2.45) is 0 Å². The summed E-state index contributed by atoms with van der Waals surface area (Å²) in [5, 5.41) is 9.36. The Balaban J connectivity index is 1.39. The normalized spacial score (nSPS) is 14.9. The van der Waals surface area contributed by atoms with Gasteiger partial charge in [0.1, 0.15) is 17.5 Å². The van der Waals surface area contributed by atoms with Crippen molar-refractivity contribution in [2.75, 3.05) is 19.8 Å². The summed E-state index contributed by atoms with van der Waals surface area (Å²) < 4.78 is 23.4. The standard InChI is InChI=1S/C28H29N5O7/c1-4-11-37-25-22-26(32-28(31-25)39-19-7-5-9-29-14-19)40-24(30-22)18-12-16(2)23(17(3)13-18)38-15-21(34)33-10-6-8-20(33)27(35)36/h5,7,9,12-14,20H,4,6,8,10-11,15H2,1-3H3,(H,35,36)/t20-/m0/s1. The maximum atomic E-state index is 12.7. The Kier molecular flexibility index (Phi) is 7.76. The van der Waals surface area contributed by atoms with Crippen molar-refractivity contribution in [2.45, 2.75) is 46.1 Å². The molecular weight excluding hydrogens is 518 g/mol. The number of hydrogen-bond donors (Lipinski definition) is 1. The van der Waals surface area contributed by atoms with E-state index in [0.29, 0.717) is 54.5 Å². The Labute approximate surface area is 229 Å². The van der Waals surface area contributed by atoms with Gasteiger partial charge in [-0.15, -0.1) is 0 Å². The van der Waals surface area contributed by atoms with Crippen molar-refractivity contribution in [1.29, 1.82) is 0 Å². The molecule has 4 heterocycles. The maximum Gasteiger partial charge on any atom is 0.328 e. The molecule has 4 aromatic rings. The molecule has 1 saturated heterocycles. The van der Waals surface area contributed by atoms with E-state index >= 15 is 0 Å². The highest BCUT2D eigenvalue weighted by atomic mass is 16.5. The molecule has 1 fully saturated rings. The number of aryl methyl sites for hydroxylation is 2. The molecular formula is C28H29N5O7. The molecule has 1 aliphatic heterocycles. The van der Waals surface area contributed by atoms with E-state index < -0.39 is 12.0 Å². The van der Waals surface area contributed by atoms with Gasteiger partial charge in [-0.1, -0.05) is 6.92 Å². The maximum absolute atomic E-state index is 12.7. The molecule has 0 radical (unpaired) electrons. The first kappa shape index (κ1) is 26.9. The number of likely N-dealkylation sites (tertiary alicyclic amines) is 1. The molecule has 12 nitrogen and oxygen atoms in total. The van der Waals surface area contributed by atoms with Gasteiger partial charge in [-0.2, -0.15) is 9.97 Å². The van der Waals surface area contributed by atoms with Crippen molar-refractivity contribution in [1.82, 2.24) is 24.8 Å². The number of hydrogen-bond acceptors (Lipinski definition) is 10. The number of carbonyl (C=O) groups is 2. The Bertz CT molecular complexity index is 1520. The van der Waals surface area contributed by atoms with E-state index in [2.05, 4.69) is 19.9 Å². The van der Waals surface area contributed by atoms with E-state index in [1.807, 2.05) is 32.9 Å². The third-order valence-electron chi connectivity index (χ3n) is 6.40. The third-order valence-corrected chi connectivity index (χ3v) is 6.40. The summed E-state index contributed by atoms with van der Waals surface area (Å²) in [4.78, 5) is 42.9. The largest absolute Gasteiger partial charge is 0.483 e. The van der Waals surface area contributed by atoms with E-state index in [1.165, 1.54) is 4.90 Å². The van der Waals surface area contributed by atoms with Gasteiger partial charge in [0, 0.05) is 18.3 Å². The summed E-state index contributed by atoms with van der Waals surface area (Å²) in [6.07, 6.45) is 5.06. The zero-order valence-electron chi connectivity index (χ0n) is 22.4. The molecule has 0 unspecified atom stereocenters. The number of pyridine rings is 1. The average Bonchev–Trinajstić information content (AvgIpc) is 3.60. The number of oxazole rings is 1. The molecule has 1 amide bonds. The number of benzene rings is 1. The minimum absolute atomic E-state index is 0.0400. The van der Waals surface area contributed by atoms with E-state index in [-0.39, 0.29) is 30.1 Å². The summed E-state index contributed by atoms with van der Waals surface area (Å²) >= 11 is 0. The van der Waals surface area contributed by atoms with Crippen molar-refractivity contribution < 1.29 is 33.3 Å². The van der Waals surface area contributed by atoms with Crippen LogP contribution < -0.4 is 14.2 Å². The smallest absolute Gasteiger partial charge is 0.328 e. The van der Waals surface area contributed by atoms with Gasteiger partial charge in [-0.05, 0) is 68.5 Å². The number of aromatic nitrogens is 4. The predicted octanol–water partition coefficient (Wildman–Crippen LogP) is 4.33. The molecule has 1 N–H and O–H groups in total. The molecule has 208 valence electrons. The SMILES string of the molecule is CCCOc1nc(Oc2cccnc2)nc2oc(-c3cc(C)c(OCC(=O)N4CCC[C@H]4C(=O)O)c(C)c3)nc12. The summed E-state index contributed by atoms with van der Waals surface area (Å²) in [6, 6.07) is 6.38. The second-order valence-corrected chi connectivity index (χ2v) is 9.43. The number of aliphatic carboxylic acids is 1. The minimum atomic E-state index is -0.996. The number of rotatable bonds is 10. The molecule has 5 rings (SSSR count). The molecule has 40 heavy (non-hydrogen) atoms. The van der Waals surface area contributed by atoms with Crippen LogP contribution in [0.15, 0.2) is 41.1 Å². The van der Waals surface area contributed by atoms with Gasteiger partial charge in [0.15, 0.2) is 12.1 Å². The molecule has 0 saturated carbocycles. The molecule has 1 aliphatic rings. The fourth-order valence-electron chi connectivity index (χ4n) is 4.60. The number of carbonyl (C=O) groups excluding carboxylic acids is 1. The van der Waals surface area contributed by atoms with Crippen LogP contribution in [0.3, 0.4) is 0 Å². The molecule has 1 atom stereocenters. The molecule has 12 heteroatoms. The van der Waals surface area contributed by atoms with Gasteiger partial charge in [-0.25, -0.2) is 9.78 Å². The summed E-state index contributed by atoms with van der Waals surface area (Å²) in [6.45, 7) is 6.28. The van der Waals surface area contributed by atoms with E-state index in [9.17, 15) is 14.7 Å². The van der Waals surface area contributed by atoms with Gasteiger partial charge in [0.25, 0.3) is 17.5 Å². The Hall–Kier alpha value is -4.74. The van der Waals surface area contributed by atoms with Crippen molar-refractivity contribution in [3.63, 3.8) is 0 Å². The topological polar surface area (TPSA) is 150 Å². The van der Waals surface area contributed by atoms with Crippen molar-refractivity contribution in [3.05, 3.63) is 47.8 Å². The minimum Gasteiger partial charge on any atom is -0.483 e. The fraction of sp³-hybridized carbons (Fsp3) is 0.357. The van der Waals surface area contributed by atoms with Crippen LogP contribution in [-0.2, 0) is 9.59 Å². The summed E-state index contributed by atoms with van der Waals surface area (Å²) in [5.41, 5.74) is 2.76. The van der Waals surface area contributed by atoms with Gasteiger partial charge >= 0.3 is 12.0 Å². The average molecular weight is 548 g/mol. The number of nitrogens with zero attached hydrogens (tertiary/aromatic N) is 5. The van der Waals surface area contributed by atoms with Crippen LogP contribution in [0.4, 0.5) is 0 Å². The summed E-state index contributed by atoms with van der Waals surface area (Å²) in [5.74, 6) is 0.206. The van der Waals surface area contributed by atoms with Crippen LogP contribution >= 0.6 is 0 Å². The first-order valence-corrected chi connectivity index (χ1v) is 13.0. The van der Waals surface area contributed by atoms with Gasteiger partial charge in [0.2, 0.25) is 5.89 Å². The molecule has 0 spiro atoms. The lowest BCUT2D eigenvalue weighted by molar-refractivity contribution is -0.149. The zero-order valence-corrected chi connectivity index (χ0v) is 22.4. The first-order valence-electron chi connectivity index (χ1n) is 13.0. The van der Waals surface area contributed by atoms with Crippen LogP contribution in [0.1, 0.15) is 37.3 Å². The second-order valence-electron chi connectivity index (χ2n) is 9.43. The molecule has 0 aliphatic carbocycles. The quantitative estimate of drug-likeness (QED) is 0.302.